The summed E-state index contributed by atoms with van der Waals surface area (Å²) < 4.78 is 1.85. The summed E-state index contributed by atoms with van der Waals surface area (Å²) in [6.07, 6.45) is 5.24. The molecule has 2 aromatic rings. The SMILES string of the molecule is OCc1ccc(-n2ccnc2)cc1Cl. The molecule has 1 heterocycles. The van der Waals surface area contributed by atoms with E-state index in [1.54, 1.807) is 24.7 Å². The molecule has 2 rings (SSSR count). The molecule has 0 aliphatic rings. The van der Waals surface area contributed by atoms with Gasteiger partial charge in [0.25, 0.3) is 0 Å². The number of rotatable bonds is 2. The normalized spacial score (nSPS) is 10.4. The fourth-order valence-electron chi connectivity index (χ4n) is 1.24. The Bertz CT molecular complexity index is 426. The van der Waals surface area contributed by atoms with Gasteiger partial charge in [-0.15, -0.1) is 0 Å². The lowest BCUT2D eigenvalue weighted by Crippen LogP contribution is -1.92. The number of aliphatic hydroxyl groups excluding tert-OH is 1. The van der Waals surface area contributed by atoms with Crippen molar-refractivity contribution in [3.63, 3.8) is 0 Å². The van der Waals surface area contributed by atoms with Crippen LogP contribution in [0.3, 0.4) is 0 Å². The molecule has 1 aromatic heterocycles. The summed E-state index contributed by atoms with van der Waals surface area (Å²) in [6, 6.07) is 5.49. The lowest BCUT2D eigenvalue weighted by atomic mass is 10.2. The van der Waals surface area contributed by atoms with Crippen LogP contribution in [0.15, 0.2) is 36.9 Å². The van der Waals surface area contributed by atoms with E-state index < -0.39 is 0 Å². The van der Waals surface area contributed by atoms with Gasteiger partial charge in [-0.3, -0.25) is 0 Å². The van der Waals surface area contributed by atoms with Gasteiger partial charge in [-0.05, 0) is 17.7 Å². The minimum atomic E-state index is -0.0386. The molecule has 0 bridgehead atoms. The summed E-state index contributed by atoms with van der Waals surface area (Å²) in [5.41, 5.74) is 1.67. The number of halogens is 1. The smallest absolute Gasteiger partial charge is 0.0991 e. The van der Waals surface area contributed by atoms with Crippen molar-refractivity contribution in [1.82, 2.24) is 9.55 Å². The van der Waals surface area contributed by atoms with Gasteiger partial charge >= 0.3 is 0 Å². The molecule has 4 heteroatoms. The maximum absolute atomic E-state index is 8.94. The number of benzene rings is 1. The number of aromatic nitrogens is 2. The van der Waals surface area contributed by atoms with Crippen molar-refractivity contribution in [2.75, 3.05) is 0 Å². The zero-order valence-corrected chi connectivity index (χ0v) is 8.15. The third kappa shape index (κ3) is 1.64. The molecule has 0 atom stereocenters. The van der Waals surface area contributed by atoms with Gasteiger partial charge in [0.15, 0.2) is 0 Å². The number of nitrogens with zero attached hydrogens (tertiary/aromatic N) is 2. The molecule has 0 saturated carbocycles. The van der Waals surface area contributed by atoms with Crippen LogP contribution < -0.4 is 0 Å². The molecular formula is C10H9ClN2O. The van der Waals surface area contributed by atoms with Crippen molar-refractivity contribution >= 4 is 11.6 Å². The van der Waals surface area contributed by atoms with Gasteiger partial charge in [0, 0.05) is 23.1 Å². The molecule has 72 valence electrons. The van der Waals surface area contributed by atoms with Gasteiger partial charge in [-0.2, -0.15) is 0 Å². The summed E-state index contributed by atoms with van der Waals surface area (Å²) in [5.74, 6) is 0. The van der Waals surface area contributed by atoms with E-state index in [1.807, 2.05) is 16.8 Å². The predicted octanol–water partition coefficient (Wildman–Crippen LogP) is 2.02. The van der Waals surface area contributed by atoms with Gasteiger partial charge in [-0.1, -0.05) is 17.7 Å². The highest BCUT2D eigenvalue weighted by atomic mass is 35.5. The van der Waals surface area contributed by atoms with Crippen molar-refractivity contribution in [3.8, 4) is 5.69 Å². The van der Waals surface area contributed by atoms with Gasteiger partial charge in [0.1, 0.15) is 0 Å². The fraction of sp³-hybridized carbons (Fsp3) is 0.100. The van der Waals surface area contributed by atoms with Gasteiger partial charge in [-0.25, -0.2) is 4.98 Å². The van der Waals surface area contributed by atoms with Crippen LogP contribution in [-0.4, -0.2) is 14.7 Å². The molecule has 0 fully saturated rings. The lowest BCUT2D eigenvalue weighted by molar-refractivity contribution is 0.282. The van der Waals surface area contributed by atoms with Gasteiger partial charge in [0.2, 0.25) is 0 Å². The van der Waals surface area contributed by atoms with Crippen molar-refractivity contribution < 1.29 is 5.11 Å². The first-order chi connectivity index (χ1) is 6.81. The Balaban J connectivity index is 2.43. The largest absolute Gasteiger partial charge is 0.392 e. The molecular weight excluding hydrogens is 200 g/mol. The summed E-state index contributed by atoms with van der Waals surface area (Å²) in [7, 11) is 0. The molecule has 14 heavy (non-hydrogen) atoms. The first-order valence-electron chi connectivity index (χ1n) is 4.19. The topological polar surface area (TPSA) is 38.0 Å². The van der Waals surface area contributed by atoms with E-state index in [0.717, 1.165) is 11.3 Å². The van der Waals surface area contributed by atoms with E-state index in [-0.39, 0.29) is 6.61 Å². The molecule has 0 aliphatic carbocycles. The van der Waals surface area contributed by atoms with Crippen LogP contribution >= 0.6 is 11.6 Å². The van der Waals surface area contributed by atoms with Crippen LogP contribution in [0, 0.1) is 0 Å². The average Bonchev–Trinajstić information content (AvgIpc) is 2.70. The standard InChI is InChI=1S/C10H9ClN2O/c11-10-5-9(2-1-8(10)6-14)13-4-3-12-7-13/h1-5,7,14H,6H2. The summed E-state index contributed by atoms with van der Waals surface area (Å²) in [5, 5.41) is 9.50. The van der Waals surface area contributed by atoms with Crippen molar-refractivity contribution in [3.05, 3.63) is 47.5 Å². The Hall–Kier alpha value is -1.32. The van der Waals surface area contributed by atoms with Crippen LogP contribution in [0.25, 0.3) is 5.69 Å². The third-order valence-electron chi connectivity index (χ3n) is 2.01. The summed E-state index contributed by atoms with van der Waals surface area (Å²) in [4.78, 5) is 3.94. The second-order valence-corrected chi connectivity index (χ2v) is 3.31. The van der Waals surface area contributed by atoms with E-state index >= 15 is 0 Å². The quantitative estimate of drug-likeness (QED) is 0.820. The number of aliphatic hydroxyl groups is 1. The Kier molecular flexibility index (Phi) is 2.52. The summed E-state index contributed by atoms with van der Waals surface area (Å²) >= 11 is 5.95. The molecule has 3 nitrogen and oxygen atoms in total. The van der Waals surface area contributed by atoms with Crippen LogP contribution in [-0.2, 0) is 6.61 Å². The minimum absolute atomic E-state index is 0.0386. The van der Waals surface area contributed by atoms with E-state index in [2.05, 4.69) is 4.98 Å². The third-order valence-corrected chi connectivity index (χ3v) is 2.36. The Morgan fingerprint density at radius 2 is 2.29 bits per heavy atom. The van der Waals surface area contributed by atoms with Crippen LogP contribution in [0.2, 0.25) is 5.02 Å². The maximum Gasteiger partial charge on any atom is 0.0991 e. The van der Waals surface area contributed by atoms with Crippen molar-refractivity contribution in [2.45, 2.75) is 6.61 Å². The number of hydrogen-bond donors (Lipinski definition) is 1. The van der Waals surface area contributed by atoms with Crippen LogP contribution in [0.4, 0.5) is 0 Å². The monoisotopic (exact) mass is 208 g/mol. The van der Waals surface area contributed by atoms with E-state index in [4.69, 9.17) is 16.7 Å². The van der Waals surface area contributed by atoms with Crippen LogP contribution in [0.1, 0.15) is 5.56 Å². The van der Waals surface area contributed by atoms with Gasteiger partial charge < -0.3 is 9.67 Å². The molecule has 0 spiro atoms. The fourth-order valence-corrected chi connectivity index (χ4v) is 1.47. The average molecular weight is 209 g/mol. The van der Waals surface area contributed by atoms with E-state index in [9.17, 15) is 0 Å². The Morgan fingerprint density at radius 3 is 2.86 bits per heavy atom. The molecule has 1 aromatic carbocycles. The van der Waals surface area contributed by atoms with Crippen molar-refractivity contribution in [2.24, 2.45) is 0 Å². The first kappa shape index (κ1) is 9.24. The van der Waals surface area contributed by atoms with E-state index in [1.165, 1.54) is 0 Å². The highest BCUT2D eigenvalue weighted by Gasteiger charge is 2.01. The summed E-state index contributed by atoms with van der Waals surface area (Å²) in [6.45, 7) is -0.0386. The molecule has 0 amide bonds. The molecule has 0 unspecified atom stereocenters. The molecule has 0 saturated heterocycles. The number of imidazole rings is 1. The zero-order valence-electron chi connectivity index (χ0n) is 7.39. The second-order valence-electron chi connectivity index (χ2n) is 2.90. The first-order valence-corrected chi connectivity index (χ1v) is 4.56. The van der Waals surface area contributed by atoms with Gasteiger partial charge in [0.05, 0.1) is 12.9 Å². The highest BCUT2D eigenvalue weighted by molar-refractivity contribution is 6.31. The molecule has 0 aliphatic heterocycles. The molecule has 1 N–H and O–H groups in total. The second kappa shape index (κ2) is 3.82. The van der Waals surface area contributed by atoms with Crippen molar-refractivity contribution in [1.29, 1.82) is 0 Å². The maximum atomic E-state index is 8.94. The van der Waals surface area contributed by atoms with Crippen LogP contribution in [0.5, 0.6) is 0 Å². The Morgan fingerprint density at radius 1 is 1.43 bits per heavy atom. The predicted molar refractivity (Wildman–Crippen MR) is 54.5 cm³/mol. The minimum Gasteiger partial charge on any atom is -0.392 e. The lowest BCUT2D eigenvalue weighted by Gasteiger charge is -2.05. The van der Waals surface area contributed by atoms with E-state index in [0.29, 0.717) is 5.02 Å². The highest BCUT2D eigenvalue weighted by Crippen LogP contribution is 2.19. The number of hydrogen-bond acceptors (Lipinski definition) is 2. The zero-order chi connectivity index (χ0) is 9.97. The molecule has 0 radical (unpaired) electrons. The Labute approximate surface area is 86.6 Å².